The number of methoxy groups -OCH3 is 1. The zero-order valence-corrected chi connectivity index (χ0v) is 17.0. The van der Waals surface area contributed by atoms with Gasteiger partial charge in [0, 0.05) is 26.6 Å². The smallest absolute Gasteiger partial charge is 0.410 e. The Morgan fingerprint density at radius 1 is 1.19 bits per heavy atom. The highest BCUT2D eigenvalue weighted by Gasteiger charge is 2.37. The number of nitrogens with zero attached hydrogens (tertiary/aromatic N) is 1. The van der Waals surface area contributed by atoms with Crippen LogP contribution in [-0.4, -0.2) is 55.7 Å². The summed E-state index contributed by atoms with van der Waals surface area (Å²) < 4.78 is 10.4. The van der Waals surface area contributed by atoms with E-state index in [0.29, 0.717) is 32.4 Å². The lowest BCUT2D eigenvalue weighted by molar-refractivity contribution is -0.147. The molecular formula is C19H34N2O5. The first-order valence-corrected chi connectivity index (χ1v) is 9.26. The van der Waals surface area contributed by atoms with Gasteiger partial charge in [-0.2, -0.15) is 0 Å². The van der Waals surface area contributed by atoms with Gasteiger partial charge in [-0.3, -0.25) is 9.59 Å². The normalized spacial score (nSPS) is 18.0. The maximum Gasteiger partial charge on any atom is 0.410 e. The fraction of sp³-hybridized carbons (Fsp3) is 0.842. The van der Waals surface area contributed by atoms with Crippen LogP contribution in [0.1, 0.15) is 59.8 Å². The molecular weight excluding hydrogens is 336 g/mol. The Morgan fingerprint density at radius 2 is 1.77 bits per heavy atom. The largest absolute Gasteiger partial charge is 0.469 e. The number of rotatable bonds is 6. The summed E-state index contributed by atoms with van der Waals surface area (Å²) in [5, 5.41) is 2.58. The molecule has 0 radical (unpaired) electrons. The van der Waals surface area contributed by atoms with Crippen molar-refractivity contribution < 1.29 is 23.9 Å². The summed E-state index contributed by atoms with van der Waals surface area (Å²) in [6.45, 7) is 8.91. The molecule has 0 aromatic rings. The Kier molecular flexibility index (Phi) is 7.90. The maximum absolute atomic E-state index is 12.2. The van der Waals surface area contributed by atoms with E-state index in [1.165, 1.54) is 7.11 Å². The fourth-order valence-corrected chi connectivity index (χ4v) is 3.25. The fourth-order valence-electron chi connectivity index (χ4n) is 3.25. The summed E-state index contributed by atoms with van der Waals surface area (Å²) in [6, 6.07) is 0. The number of esters is 1. The Bertz CT molecular complexity index is 505. The molecule has 1 heterocycles. The molecule has 0 aromatic heterocycles. The second-order valence-electron chi connectivity index (χ2n) is 8.41. The van der Waals surface area contributed by atoms with Crippen LogP contribution in [0.4, 0.5) is 4.79 Å². The molecule has 1 N–H and O–H groups in total. The number of amides is 2. The van der Waals surface area contributed by atoms with E-state index in [1.807, 2.05) is 20.8 Å². The predicted octanol–water partition coefficient (Wildman–Crippen LogP) is 2.73. The van der Waals surface area contributed by atoms with Gasteiger partial charge in [-0.25, -0.2) is 4.79 Å². The first-order chi connectivity index (χ1) is 12.0. The highest BCUT2D eigenvalue weighted by atomic mass is 16.6. The van der Waals surface area contributed by atoms with E-state index in [9.17, 15) is 14.4 Å². The summed E-state index contributed by atoms with van der Waals surface area (Å²) in [5.41, 5.74) is -0.576. The molecule has 2 amide bonds. The van der Waals surface area contributed by atoms with Crippen molar-refractivity contribution in [3.05, 3.63) is 0 Å². The molecule has 0 spiro atoms. The monoisotopic (exact) mass is 370 g/mol. The molecule has 1 rings (SSSR count). The third-order valence-corrected chi connectivity index (χ3v) is 4.89. The minimum absolute atomic E-state index is 0.0694. The van der Waals surface area contributed by atoms with Gasteiger partial charge in [0.2, 0.25) is 5.91 Å². The minimum Gasteiger partial charge on any atom is -0.469 e. The molecule has 26 heavy (non-hydrogen) atoms. The van der Waals surface area contributed by atoms with Gasteiger partial charge in [0.15, 0.2) is 0 Å². The van der Waals surface area contributed by atoms with Crippen molar-refractivity contribution in [1.82, 2.24) is 10.2 Å². The van der Waals surface area contributed by atoms with E-state index in [1.54, 1.807) is 11.9 Å². The molecule has 0 saturated carbocycles. The van der Waals surface area contributed by atoms with Gasteiger partial charge >= 0.3 is 12.1 Å². The summed E-state index contributed by atoms with van der Waals surface area (Å²) in [7, 11) is 2.96. The van der Waals surface area contributed by atoms with Crippen LogP contribution in [0.15, 0.2) is 0 Å². The molecule has 1 saturated heterocycles. The molecule has 1 atom stereocenters. The topological polar surface area (TPSA) is 84.9 Å². The van der Waals surface area contributed by atoms with E-state index in [2.05, 4.69) is 12.2 Å². The minimum atomic E-state index is -0.506. The average molecular weight is 370 g/mol. The molecule has 1 aliphatic heterocycles. The molecule has 1 aliphatic rings. The van der Waals surface area contributed by atoms with Gasteiger partial charge in [0.25, 0.3) is 0 Å². The van der Waals surface area contributed by atoms with Crippen LogP contribution in [0.25, 0.3) is 0 Å². The number of likely N-dealkylation sites (tertiary alicyclic amines) is 1. The van der Waals surface area contributed by atoms with E-state index in [4.69, 9.17) is 9.47 Å². The molecule has 0 bridgehead atoms. The summed E-state index contributed by atoms with van der Waals surface area (Å²) in [6.07, 6.45) is 2.72. The SMILES string of the molecule is CNC(=O)CCC(CC1(C)CCN(C(=O)OC(C)(C)C)CC1)C(=O)OC. The highest BCUT2D eigenvalue weighted by Crippen LogP contribution is 2.39. The van der Waals surface area contributed by atoms with Crippen LogP contribution < -0.4 is 5.32 Å². The third kappa shape index (κ3) is 7.22. The summed E-state index contributed by atoms with van der Waals surface area (Å²) >= 11 is 0. The number of nitrogens with one attached hydrogen (secondary N) is 1. The van der Waals surface area contributed by atoms with Crippen LogP contribution in [-0.2, 0) is 19.1 Å². The van der Waals surface area contributed by atoms with Crippen LogP contribution >= 0.6 is 0 Å². The average Bonchev–Trinajstić information content (AvgIpc) is 2.56. The molecule has 1 fully saturated rings. The van der Waals surface area contributed by atoms with Gasteiger partial charge in [-0.05, 0) is 51.9 Å². The van der Waals surface area contributed by atoms with Crippen molar-refractivity contribution >= 4 is 18.0 Å². The summed E-state index contributed by atoms with van der Waals surface area (Å²) in [4.78, 5) is 37.6. The molecule has 1 unspecified atom stereocenters. The number of carbonyl (C=O) groups excluding carboxylic acids is 3. The van der Waals surface area contributed by atoms with E-state index in [0.717, 1.165) is 12.8 Å². The van der Waals surface area contributed by atoms with Crippen LogP contribution in [0.2, 0.25) is 0 Å². The molecule has 7 nitrogen and oxygen atoms in total. The number of hydrogen-bond acceptors (Lipinski definition) is 5. The van der Waals surface area contributed by atoms with Crippen molar-refractivity contribution in [2.45, 2.75) is 65.4 Å². The lowest BCUT2D eigenvalue weighted by Gasteiger charge is -2.41. The second-order valence-corrected chi connectivity index (χ2v) is 8.41. The first kappa shape index (κ1) is 22.3. The lowest BCUT2D eigenvalue weighted by Crippen LogP contribution is -2.45. The van der Waals surface area contributed by atoms with Crippen LogP contribution in [0, 0.1) is 11.3 Å². The Labute approximate surface area is 156 Å². The zero-order valence-electron chi connectivity index (χ0n) is 17.0. The third-order valence-electron chi connectivity index (χ3n) is 4.89. The van der Waals surface area contributed by atoms with Gasteiger partial charge in [0.1, 0.15) is 5.60 Å². The lowest BCUT2D eigenvalue weighted by atomic mass is 9.73. The number of carbonyl (C=O) groups is 3. The number of hydrogen-bond donors (Lipinski definition) is 1. The van der Waals surface area contributed by atoms with Crippen molar-refractivity contribution in [2.75, 3.05) is 27.2 Å². The van der Waals surface area contributed by atoms with E-state index in [-0.39, 0.29) is 29.3 Å². The van der Waals surface area contributed by atoms with Crippen molar-refractivity contribution in [3.8, 4) is 0 Å². The highest BCUT2D eigenvalue weighted by molar-refractivity contribution is 5.77. The van der Waals surface area contributed by atoms with Crippen molar-refractivity contribution in [3.63, 3.8) is 0 Å². The zero-order chi connectivity index (χ0) is 20.0. The van der Waals surface area contributed by atoms with Crippen molar-refractivity contribution in [2.24, 2.45) is 11.3 Å². The van der Waals surface area contributed by atoms with Crippen molar-refractivity contribution in [1.29, 1.82) is 0 Å². The quantitative estimate of drug-likeness (QED) is 0.727. The Morgan fingerprint density at radius 3 is 2.23 bits per heavy atom. The molecule has 0 aliphatic carbocycles. The standard InChI is InChI=1S/C19H34N2O5/c1-18(2,3)26-17(24)21-11-9-19(4,10-12-21)13-14(16(23)25-6)7-8-15(22)20-5/h14H,7-13H2,1-6H3,(H,20,22). The molecule has 150 valence electrons. The van der Waals surface area contributed by atoms with E-state index < -0.39 is 5.60 Å². The number of piperidine rings is 1. The Balaban J connectivity index is 2.63. The van der Waals surface area contributed by atoms with E-state index >= 15 is 0 Å². The van der Waals surface area contributed by atoms with Crippen LogP contribution in [0.3, 0.4) is 0 Å². The maximum atomic E-state index is 12.2. The number of ether oxygens (including phenoxy) is 2. The van der Waals surface area contributed by atoms with Gasteiger partial charge in [0.05, 0.1) is 13.0 Å². The summed E-state index contributed by atoms with van der Waals surface area (Å²) in [5.74, 6) is -0.663. The van der Waals surface area contributed by atoms with Crippen LogP contribution in [0.5, 0.6) is 0 Å². The first-order valence-electron chi connectivity index (χ1n) is 9.26. The second kappa shape index (κ2) is 9.24. The van der Waals surface area contributed by atoms with Gasteiger partial charge < -0.3 is 19.7 Å². The predicted molar refractivity (Wildman–Crippen MR) is 98.6 cm³/mol. The molecule has 0 aromatic carbocycles. The molecule has 7 heteroatoms. The van der Waals surface area contributed by atoms with Gasteiger partial charge in [-0.1, -0.05) is 6.92 Å². The van der Waals surface area contributed by atoms with Gasteiger partial charge in [-0.15, -0.1) is 0 Å². The Hall–Kier alpha value is -1.79.